The third-order valence-electron chi connectivity index (χ3n) is 4.04. The molecule has 6 nitrogen and oxygen atoms in total. The van der Waals surface area contributed by atoms with E-state index < -0.39 is 15.4 Å². The molecule has 0 saturated carbocycles. The lowest BCUT2D eigenvalue weighted by Crippen LogP contribution is -2.43. The molecule has 1 N–H and O–H groups in total. The summed E-state index contributed by atoms with van der Waals surface area (Å²) in [6.45, 7) is 7.47. The smallest absolute Gasteiger partial charge is 0.410 e. The predicted molar refractivity (Wildman–Crippen MR) is 90.2 cm³/mol. The van der Waals surface area contributed by atoms with Gasteiger partial charge >= 0.3 is 6.09 Å². The van der Waals surface area contributed by atoms with Crippen molar-refractivity contribution in [2.75, 3.05) is 31.1 Å². The van der Waals surface area contributed by atoms with Crippen molar-refractivity contribution >= 4 is 15.9 Å². The minimum atomic E-state index is -2.87. The Morgan fingerprint density at radius 2 is 2.17 bits per heavy atom. The fourth-order valence-corrected chi connectivity index (χ4v) is 4.49. The Morgan fingerprint density at radius 1 is 1.43 bits per heavy atom. The molecule has 0 aromatic carbocycles. The maximum atomic E-state index is 12.0. The molecule has 2 heterocycles. The Kier molecular flexibility index (Phi) is 5.73. The van der Waals surface area contributed by atoms with Gasteiger partial charge in [-0.1, -0.05) is 11.6 Å². The number of sulfone groups is 1. The van der Waals surface area contributed by atoms with Crippen LogP contribution in [0.25, 0.3) is 0 Å². The van der Waals surface area contributed by atoms with Crippen LogP contribution in [0.2, 0.25) is 0 Å². The molecule has 2 aliphatic heterocycles. The van der Waals surface area contributed by atoms with Gasteiger partial charge in [0.2, 0.25) is 0 Å². The zero-order valence-electron chi connectivity index (χ0n) is 14.3. The normalized spacial score (nSPS) is 24.9. The first-order valence-corrected chi connectivity index (χ1v) is 10.1. The van der Waals surface area contributed by atoms with Crippen molar-refractivity contribution in [2.45, 2.75) is 51.7 Å². The summed E-state index contributed by atoms with van der Waals surface area (Å²) in [5, 5.41) is 3.35. The molecule has 0 radical (unpaired) electrons. The Balaban J connectivity index is 1.77. The van der Waals surface area contributed by atoms with E-state index in [1.807, 2.05) is 26.8 Å². The van der Waals surface area contributed by atoms with Crippen molar-refractivity contribution in [2.24, 2.45) is 0 Å². The molecular formula is C16H28N2O4S. The first-order valence-electron chi connectivity index (χ1n) is 8.24. The van der Waals surface area contributed by atoms with Gasteiger partial charge in [-0.25, -0.2) is 13.2 Å². The topological polar surface area (TPSA) is 75.7 Å². The minimum Gasteiger partial charge on any atom is -0.444 e. The van der Waals surface area contributed by atoms with Crippen molar-refractivity contribution in [3.05, 3.63) is 11.6 Å². The van der Waals surface area contributed by atoms with Gasteiger partial charge in [0.25, 0.3) is 0 Å². The van der Waals surface area contributed by atoms with E-state index in [0.717, 1.165) is 19.3 Å². The van der Waals surface area contributed by atoms with Crippen LogP contribution >= 0.6 is 0 Å². The molecule has 132 valence electrons. The lowest BCUT2D eigenvalue weighted by Gasteiger charge is -2.30. The second kappa shape index (κ2) is 7.21. The highest BCUT2D eigenvalue weighted by Gasteiger charge is 2.26. The summed E-state index contributed by atoms with van der Waals surface area (Å²) >= 11 is 0. The van der Waals surface area contributed by atoms with E-state index in [9.17, 15) is 13.2 Å². The van der Waals surface area contributed by atoms with Crippen LogP contribution in [0.15, 0.2) is 11.6 Å². The Bertz CT molecular complexity index is 563. The van der Waals surface area contributed by atoms with Crippen LogP contribution in [0.3, 0.4) is 0 Å². The third kappa shape index (κ3) is 6.14. The van der Waals surface area contributed by atoms with Gasteiger partial charge in [0.15, 0.2) is 9.84 Å². The molecule has 0 bridgehead atoms. The van der Waals surface area contributed by atoms with Gasteiger partial charge in [0.05, 0.1) is 11.5 Å². The molecule has 2 aliphatic rings. The first-order chi connectivity index (χ1) is 10.6. The van der Waals surface area contributed by atoms with Crippen LogP contribution in [-0.2, 0) is 14.6 Å². The largest absolute Gasteiger partial charge is 0.444 e. The number of rotatable bonds is 3. The van der Waals surface area contributed by atoms with Gasteiger partial charge in [-0.15, -0.1) is 0 Å². The summed E-state index contributed by atoms with van der Waals surface area (Å²) in [7, 11) is -2.87. The molecule has 1 unspecified atom stereocenters. The molecule has 0 aromatic heterocycles. The number of hydrogen-bond acceptors (Lipinski definition) is 5. The van der Waals surface area contributed by atoms with Crippen LogP contribution in [0.1, 0.15) is 40.0 Å². The predicted octanol–water partition coefficient (Wildman–Crippen LogP) is 1.72. The molecule has 1 saturated heterocycles. The van der Waals surface area contributed by atoms with Gasteiger partial charge in [0, 0.05) is 25.7 Å². The highest BCUT2D eigenvalue weighted by Crippen LogP contribution is 2.16. The summed E-state index contributed by atoms with van der Waals surface area (Å²) in [4.78, 5) is 13.7. The van der Waals surface area contributed by atoms with Crippen molar-refractivity contribution in [3.63, 3.8) is 0 Å². The lowest BCUT2D eigenvalue weighted by atomic mass is 10.1. The highest BCUT2D eigenvalue weighted by atomic mass is 32.2. The molecular weight excluding hydrogens is 316 g/mol. The first kappa shape index (κ1) is 18.3. The molecule has 7 heteroatoms. The molecule has 1 atom stereocenters. The number of ether oxygens (including phenoxy) is 1. The van der Waals surface area contributed by atoms with Gasteiger partial charge in [-0.3, -0.25) is 0 Å². The summed E-state index contributed by atoms with van der Waals surface area (Å²) in [6, 6.07) is 0.0542. The Labute approximate surface area is 139 Å². The maximum absolute atomic E-state index is 12.0. The Hall–Kier alpha value is -1.08. The molecule has 0 spiro atoms. The van der Waals surface area contributed by atoms with E-state index in [-0.39, 0.29) is 17.9 Å². The molecule has 0 aromatic rings. The zero-order valence-corrected chi connectivity index (χ0v) is 15.1. The average molecular weight is 344 g/mol. The summed E-state index contributed by atoms with van der Waals surface area (Å²) < 4.78 is 28.6. The van der Waals surface area contributed by atoms with Crippen molar-refractivity contribution in [3.8, 4) is 0 Å². The lowest BCUT2D eigenvalue weighted by molar-refractivity contribution is 0.0265. The van der Waals surface area contributed by atoms with E-state index in [2.05, 4.69) is 5.32 Å². The molecule has 2 rings (SSSR count). The number of nitrogens with one attached hydrogen (secondary N) is 1. The number of hydrogen-bond donors (Lipinski definition) is 1. The van der Waals surface area contributed by atoms with Gasteiger partial charge in [0.1, 0.15) is 5.60 Å². The van der Waals surface area contributed by atoms with Crippen LogP contribution in [0.5, 0.6) is 0 Å². The second-order valence-corrected chi connectivity index (χ2v) is 9.60. The average Bonchev–Trinajstić information content (AvgIpc) is 2.43. The quantitative estimate of drug-likeness (QED) is 0.789. The molecule has 23 heavy (non-hydrogen) atoms. The molecule has 1 amide bonds. The standard InChI is InChI=1S/C16H28N2O4S/c1-16(2,3)22-15(19)18-8-6-13(7-9-18)11-17-14-5-4-10-23(20,21)12-14/h6,14,17H,4-5,7-12H2,1-3H3. The monoisotopic (exact) mass is 344 g/mol. The van der Waals surface area contributed by atoms with Crippen molar-refractivity contribution in [1.29, 1.82) is 0 Å². The zero-order chi connectivity index (χ0) is 17.1. The molecule has 0 aliphatic carbocycles. The van der Waals surface area contributed by atoms with Crippen molar-refractivity contribution < 1.29 is 17.9 Å². The Morgan fingerprint density at radius 3 is 2.74 bits per heavy atom. The van der Waals surface area contributed by atoms with Gasteiger partial charge in [-0.05, 0) is 40.0 Å². The van der Waals surface area contributed by atoms with E-state index in [1.165, 1.54) is 5.57 Å². The fraction of sp³-hybridized carbons (Fsp3) is 0.812. The van der Waals surface area contributed by atoms with E-state index in [4.69, 9.17) is 4.74 Å². The summed E-state index contributed by atoms with van der Waals surface area (Å²) in [6.07, 6.45) is 4.21. The van der Waals surface area contributed by atoms with Crippen LogP contribution in [0, 0.1) is 0 Å². The number of amides is 1. The highest BCUT2D eigenvalue weighted by molar-refractivity contribution is 7.91. The minimum absolute atomic E-state index is 0.0542. The second-order valence-electron chi connectivity index (χ2n) is 7.37. The summed E-state index contributed by atoms with van der Waals surface area (Å²) in [5.41, 5.74) is 0.752. The third-order valence-corrected chi connectivity index (χ3v) is 5.86. The van der Waals surface area contributed by atoms with Gasteiger partial charge < -0.3 is 15.0 Å². The van der Waals surface area contributed by atoms with Crippen LogP contribution < -0.4 is 5.32 Å². The van der Waals surface area contributed by atoms with E-state index >= 15 is 0 Å². The van der Waals surface area contributed by atoms with Crippen molar-refractivity contribution in [1.82, 2.24) is 10.2 Å². The summed E-state index contributed by atoms with van der Waals surface area (Å²) in [5.74, 6) is 0.559. The number of carbonyl (C=O) groups excluding carboxylic acids is 1. The maximum Gasteiger partial charge on any atom is 0.410 e. The fourth-order valence-electron chi connectivity index (χ4n) is 2.82. The van der Waals surface area contributed by atoms with E-state index in [0.29, 0.717) is 25.4 Å². The number of nitrogens with zero attached hydrogens (tertiary/aromatic N) is 1. The molecule has 1 fully saturated rings. The van der Waals surface area contributed by atoms with Crippen LogP contribution in [-0.4, -0.2) is 62.2 Å². The van der Waals surface area contributed by atoms with E-state index in [1.54, 1.807) is 4.90 Å². The number of carbonyl (C=O) groups is 1. The van der Waals surface area contributed by atoms with Gasteiger partial charge in [-0.2, -0.15) is 0 Å². The SMILES string of the molecule is CC(C)(C)OC(=O)N1CC=C(CNC2CCCS(=O)(=O)C2)CC1. The van der Waals surface area contributed by atoms with Crippen LogP contribution in [0.4, 0.5) is 4.79 Å².